The molecule has 0 heterocycles. The Bertz CT molecular complexity index is 590. The molecule has 0 aliphatic heterocycles. The lowest BCUT2D eigenvalue weighted by molar-refractivity contribution is 0.305. The second-order valence-corrected chi connectivity index (χ2v) is 4.35. The molecular formula is C14H13ClFNO2. The van der Waals surface area contributed by atoms with E-state index in [-0.39, 0.29) is 11.6 Å². The van der Waals surface area contributed by atoms with E-state index in [4.69, 9.17) is 26.8 Å². The molecule has 19 heavy (non-hydrogen) atoms. The second-order valence-electron chi connectivity index (χ2n) is 3.94. The minimum absolute atomic E-state index is 0.0692. The molecule has 2 aromatic rings. The van der Waals surface area contributed by atoms with E-state index in [0.29, 0.717) is 17.2 Å². The number of ether oxygens (including phenoxy) is 2. The van der Waals surface area contributed by atoms with Crippen LogP contribution in [0.3, 0.4) is 0 Å². The van der Waals surface area contributed by atoms with Crippen LogP contribution in [0.25, 0.3) is 0 Å². The molecule has 3 nitrogen and oxygen atoms in total. The summed E-state index contributed by atoms with van der Waals surface area (Å²) in [6, 6.07) is 9.57. The number of hydrogen-bond donors (Lipinski definition) is 1. The monoisotopic (exact) mass is 281 g/mol. The van der Waals surface area contributed by atoms with Crippen LogP contribution in [0.5, 0.6) is 11.5 Å². The van der Waals surface area contributed by atoms with Gasteiger partial charge in [0.2, 0.25) is 0 Å². The van der Waals surface area contributed by atoms with E-state index in [1.807, 2.05) is 0 Å². The predicted octanol–water partition coefficient (Wildman–Crippen LogP) is 3.65. The normalized spacial score (nSPS) is 10.3. The molecule has 0 unspecified atom stereocenters. The summed E-state index contributed by atoms with van der Waals surface area (Å²) < 4.78 is 23.7. The van der Waals surface area contributed by atoms with E-state index in [9.17, 15) is 4.39 Å². The molecule has 2 N–H and O–H groups in total. The van der Waals surface area contributed by atoms with Crippen molar-refractivity contribution in [2.45, 2.75) is 6.61 Å². The Hall–Kier alpha value is -1.94. The Morgan fingerprint density at radius 3 is 2.68 bits per heavy atom. The van der Waals surface area contributed by atoms with Crippen molar-refractivity contribution >= 4 is 17.3 Å². The lowest BCUT2D eigenvalue weighted by atomic mass is 10.2. The van der Waals surface area contributed by atoms with Gasteiger partial charge in [-0.25, -0.2) is 4.39 Å². The van der Waals surface area contributed by atoms with Crippen LogP contribution in [0.15, 0.2) is 36.4 Å². The number of benzene rings is 2. The zero-order valence-electron chi connectivity index (χ0n) is 10.3. The summed E-state index contributed by atoms with van der Waals surface area (Å²) in [4.78, 5) is 0. The Kier molecular flexibility index (Phi) is 4.12. The van der Waals surface area contributed by atoms with Gasteiger partial charge in [-0.1, -0.05) is 17.7 Å². The molecule has 0 bridgehead atoms. The third-order valence-corrected chi connectivity index (χ3v) is 2.89. The van der Waals surface area contributed by atoms with Crippen molar-refractivity contribution in [3.05, 3.63) is 52.8 Å². The topological polar surface area (TPSA) is 44.5 Å². The predicted molar refractivity (Wildman–Crippen MR) is 73.1 cm³/mol. The number of halogens is 2. The van der Waals surface area contributed by atoms with E-state index in [1.165, 1.54) is 12.1 Å². The van der Waals surface area contributed by atoms with Gasteiger partial charge >= 0.3 is 0 Å². The molecule has 0 saturated heterocycles. The van der Waals surface area contributed by atoms with Gasteiger partial charge in [-0.2, -0.15) is 0 Å². The SMILES string of the molecule is COc1ccc(N)c(OCc2ccc(F)c(Cl)c2)c1. The Morgan fingerprint density at radius 1 is 1.21 bits per heavy atom. The van der Waals surface area contributed by atoms with Crippen molar-refractivity contribution in [3.8, 4) is 11.5 Å². The highest BCUT2D eigenvalue weighted by molar-refractivity contribution is 6.30. The van der Waals surface area contributed by atoms with Gasteiger partial charge in [0.1, 0.15) is 23.9 Å². The number of nitrogen functional groups attached to an aromatic ring is 1. The van der Waals surface area contributed by atoms with E-state index >= 15 is 0 Å². The van der Waals surface area contributed by atoms with Crippen LogP contribution in [0.2, 0.25) is 5.02 Å². The number of methoxy groups -OCH3 is 1. The molecule has 0 aromatic heterocycles. The van der Waals surface area contributed by atoms with Gasteiger partial charge in [0.15, 0.2) is 0 Å². The van der Waals surface area contributed by atoms with Crippen LogP contribution in [-0.4, -0.2) is 7.11 Å². The molecule has 100 valence electrons. The largest absolute Gasteiger partial charge is 0.497 e. The molecule has 0 amide bonds. The fourth-order valence-electron chi connectivity index (χ4n) is 1.56. The molecule has 2 rings (SSSR count). The zero-order chi connectivity index (χ0) is 13.8. The van der Waals surface area contributed by atoms with Crippen molar-refractivity contribution < 1.29 is 13.9 Å². The lowest BCUT2D eigenvalue weighted by Gasteiger charge is -2.10. The van der Waals surface area contributed by atoms with Crippen molar-refractivity contribution in [1.82, 2.24) is 0 Å². The van der Waals surface area contributed by atoms with E-state index in [2.05, 4.69) is 0 Å². The fourth-order valence-corrected chi connectivity index (χ4v) is 1.76. The number of nitrogens with two attached hydrogens (primary N) is 1. The summed E-state index contributed by atoms with van der Waals surface area (Å²) >= 11 is 5.70. The summed E-state index contributed by atoms with van der Waals surface area (Å²) in [5, 5.41) is 0.0692. The number of anilines is 1. The molecule has 0 aliphatic rings. The smallest absolute Gasteiger partial charge is 0.146 e. The molecule has 0 radical (unpaired) electrons. The van der Waals surface area contributed by atoms with Gasteiger partial charge < -0.3 is 15.2 Å². The third kappa shape index (κ3) is 3.29. The van der Waals surface area contributed by atoms with E-state index in [0.717, 1.165) is 5.56 Å². The van der Waals surface area contributed by atoms with Gasteiger partial charge in [0.25, 0.3) is 0 Å². The molecular weight excluding hydrogens is 269 g/mol. The Morgan fingerprint density at radius 2 is 2.00 bits per heavy atom. The van der Waals surface area contributed by atoms with Gasteiger partial charge in [0.05, 0.1) is 17.8 Å². The lowest BCUT2D eigenvalue weighted by Crippen LogP contribution is -1.99. The van der Waals surface area contributed by atoms with Crippen LogP contribution < -0.4 is 15.2 Å². The van der Waals surface area contributed by atoms with Crippen LogP contribution in [-0.2, 0) is 6.61 Å². The highest BCUT2D eigenvalue weighted by atomic mass is 35.5. The second kappa shape index (κ2) is 5.80. The zero-order valence-corrected chi connectivity index (χ0v) is 11.1. The third-order valence-electron chi connectivity index (χ3n) is 2.60. The first kappa shape index (κ1) is 13.5. The first-order valence-electron chi connectivity index (χ1n) is 5.60. The highest BCUT2D eigenvalue weighted by Crippen LogP contribution is 2.27. The fraction of sp³-hybridized carbons (Fsp3) is 0.143. The molecule has 0 atom stereocenters. The molecule has 0 spiro atoms. The first-order chi connectivity index (χ1) is 9.10. The maximum atomic E-state index is 13.0. The number of hydrogen-bond acceptors (Lipinski definition) is 3. The Balaban J connectivity index is 2.11. The standard InChI is InChI=1S/C14H13ClFNO2/c1-18-10-3-5-13(17)14(7-10)19-8-9-2-4-12(16)11(15)6-9/h2-7H,8,17H2,1H3. The quantitative estimate of drug-likeness (QED) is 0.870. The van der Waals surface area contributed by atoms with Crippen molar-refractivity contribution in [2.75, 3.05) is 12.8 Å². The first-order valence-corrected chi connectivity index (χ1v) is 5.98. The maximum Gasteiger partial charge on any atom is 0.146 e. The minimum Gasteiger partial charge on any atom is -0.497 e. The van der Waals surface area contributed by atoms with Crippen LogP contribution >= 0.6 is 11.6 Å². The van der Waals surface area contributed by atoms with Crippen LogP contribution in [0.4, 0.5) is 10.1 Å². The average Bonchev–Trinajstić information content (AvgIpc) is 2.41. The highest BCUT2D eigenvalue weighted by Gasteiger charge is 2.05. The number of rotatable bonds is 4. The van der Waals surface area contributed by atoms with Gasteiger partial charge in [-0.05, 0) is 29.8 Å². The molecule has 2 aromatic carbocycles. The van der Waals surface area contributed by atoms with Crippen LogP contribution in [0.1, 0.15) is 5.56 Å². The molecule has 0 aliphatic carbocycles. The van der Waals surface area contributed by atoms with Crippen molar-refractivity contribution in [1.29, 1.82) is 0 Å². The van der Waals surface area contributed by atoms with Gasteiger partial charge in [-0.15, -0.1) is 0 Å². The maximum absolute atomic E-state index is 13.0. The summed E-state index contributed by atoms with van der Waals surface area (Å²) in [7, 11) is 1.56. The molecule has 0 fully saturated rings. The van der Waals surface area contributed by atoms with E-state index in [1.54, 1.807) is 31.4 Å². The molecule has 5 heteroatoms. The van der Waals surface area contributed by atoms with Crippen LogP contribution in [0, 0.1) is 5.82 Å². The van der Waals surface area contributed by atoms with Gasteiger partial charge in [-0.3, -0.25) is 0 Å². The Labute approximate surface area is 115 Å². The van der Waals surface area contributed by atoms with E-state index < -0.39 is 5.82 Å². The van der Waals surface area contributed by atoms with Gasteiger partial charge in [0, 0.05) is 6.07 Å². The summed E-state index contributed by atoms with van der Waals surface area (Å²) in [5.74, 6) is 0.715. The summed E-state index contributed by atoms with van der Waals surface area (Å²) in [6.07, 6.45) is 0. The minimum atomic E-state index is -0.452. The van der Waals surface area contributed by atoms with Crippen molar-refractivity contribution in [2.24, 2.45) is 0 Å². The summed E-state index contributed by atoms with van der Waals surface area (Å²) in [6.45, 7) is 0.247. The molecule has 0 saturated carbocycles. The summed E-state index contributed by atoms with van der Waals surface area (Å²) in [5.41, 5.74) is 7.06. The average molecular weight is 282 g/mol. The van der Waals surface area contributed by atoms with Crippen molar-refractivity contribution in [3.63, 3.8) is 0 Å².